The molecule has 7 heteroatoms. The normalized spacial score (nSPS) is 18.5. The predicted molar refractivity (Wildman–Crippen MR) is 81.4 cm³/mol. The average molecular weight is 335 g/mol. The van der Waals surface area contributed by atoms with E-state index in [0.717, 1.165) is 6.92 Å². The molecule has 0 bridgehead atoms. The highest BCUT2D eigenvalue weighted by molar-refractivity contribution is 5.68. The van der Waals surface area contributed by atoms with E-state index in [-0.39, 0.29) is 12.8 Å². The molecule has 1 heterocycles. The van der Waals surface area contributed by atoms with Gasteiger partial charge in [-0.2, -0.15) is 0 Å². The van der Waals surface area contributed by atoms with Gasteiger partial charge in [0.25, 0.3) is 0 Å². The van der Waals surface area contributed by atoms with Crippen LogP contribution in [0.4, 0.5) is 13.6 Å². The Morgan fingerprint density at radius 2 is 1.65 bits per heavy atom. The zero-order chi connectivity index (χ0) is 17.9. The SMILES string of the molecule is CC(=O)OC1(CCC(C)(F)F)CCN(C(=O)OC(C)(C)C)CC1. The minimum absolute atomic E-state index is 0.0816. The van der Waals surface area contributed by atoms with Crippen molar-refractivity contribution < 1.29 is 27.8 Å². The van der Waals surface area contributed by atoms with Gasteiger partial charge in [0.05, 0.1) is 0 Å². The van der Waals surface area contributed by atoms with Gasteiger partial charge in [-0.05, 0) is 34.1 Å². The zero-order valence-electron chi connectivity index (χ0n) is 14.6. The first-order chi connectivity index (χ1) is 10.3. The Morgan fingerprint density at radius 3 is 2.04 bits per heavy atom. The fourth-order valence-electron chi connectivity index (χ4n) is 2.58. The summed E-state index contributed by atoms with van der Waals surface area (Å²) >= 11 is 0. The summed E-state index contributed by atoms with van der Waals surface area (Å²) in [7, 11) is 0. The maximum absolute atomic E-state index is 13.2. The van der Waals surface area contributed by atoms with Crippen molar-refractivity contribution in [1.29, 1.82) is 0 Å². The summed E-state index contributed by atoms with van der Waals surface area (Å²) in [6.45, 7) is 8.09. The van der Waals surface area contributed by atoms with Crippen LogP contribution < -0.4 is 0 Å². The van der Waals surface area contributed by atoms with E-state index < -0.39 is 29.2 Å². The average Bonchev–Trinajstić information content (AvgIpc) is 2.33. The lowest BCUT2D eigenvalue weighted by atomic mass is 9.85. The number of alkyl halides is 2. The van der Waals surface area contributed by atoms with Crippen LogP contribution in [-0.4, -0.2) is 47.2 Å². The van der Waals surface area contributed by atoms with Crippen molar-refractivity contribution in [2.45, 2.75) is 77.4 Å². The summed E-state index contributed by atoms with van der Waals surface area (Å²) in [5, 5.41) is 0. The van der Waals surface area contributed by atoms with Crippen molar-refractivity contribution in [3.05, 3.63) is 0 Å². The van der Waals surface area contributed by atoms with Gasteiger partial charge in [-0.1, -0.05) is 0 Å². The van der Waals surface area contributed by atoms with Crippen molar-refractivity contribution in [3.63, 3.8) is 0 Å². The molecule has 0 aromatic carbocycles. The quantitative estimate of drug-likeness (QED) is 0.734. The van der Waals surface area contributed by atoms with E-state index in [4.69, 9.17) is 9.47 Å². The molecule has 0 radical (unpaired) electrons. The van der Waals surface area contributed by atoms with Crippen molar-refractivity contribution in [3.8, 4) is 0 Å². The van der Waals surface area contributed by atoms with Crippen LogP contribution in [0.1, 0.15) is 60.3 Å². The predicted octanol–water partition coefficient (Wildman–Crippen LogP) is 3.75. The van der Waals surface area contributed by atoms with Crippen molar-refractivity contribution in [2.24, 2.45) is 0 Å². The molecule has 0 atom stereocenters. The van der Waals surface area contributed by atoms with Crippen molar-refractivity contribution in [2.75, 3.05) is 13.1 Å². The molecule has 0 unspecified atom stereocenters. The highest BCUT2D eigenvalue weighted by atomic mass is 19.3. The molecule has 134 valence electrons. The lowest BCUT2D eigenvalue weighted by Crippen LogP contribution is -2.50. The highest BCUT2D eigenvalue weighted by Crippen LogP contribution is 2.35. The van der Waals surface area contributed by atoms with Crippen LogP contribution in [0.15, 0.2) is 0 Å². The number of esters is 1. The largest absolute Gasteiger partial charge is 0.459 e. The lowest BCUT2D eigenvalue weighted by molar-refractivity contribution is -0.165. The van der Waals surface area contributed by atoms with Gasteiger partial charge in [0.15, 0.2) is 0 Å². The topological polar surface area (TPSA) is 55.8 Å². The first-order valence-electron chi connectivity index (χ1n) is 7.87. The molecule has 5 nitrogen and oxygen atoms in total. The number of carbonyl (C=O) groups excluding carboxylic acids is 2. The third-order valence-corrected chi connectivity index (χ3v) is 3.71. The van der Waals surface area contributed by atoms with E-state index in [2.05, 4.69) is 0 Å². The summed E-state index contributed by atoms with van der Waals surface area (Å²) < 4.78 is 37.0. The fourth-order valence-corrected chi connectivity index (χ4v) is 2.58. The molecule has 23 heavy (non-hydrogen) atoms. The van der Waals surface area contributed by atoms with Crippen molar-refractivity contribution >= 4 is 12.1 Å². The fraction of sp³-hybridized carbons (Fsp3) is 0.875. The van der Waals surface area contributed by atoms with Gasteiger partial charge >= 0.3 is 12.1 Å². The van der Waals surface area contributed by atoms with Crippen LogP contribution in [0.2, 0.25) is 0 Å². The van der Waals surface area contributed by atoms with Gasteiger partial charge < -0.3 is 14.4 Å². The number of hydrogen-bond donors (Lipinski definition) is 0. The van der Waals surface area contributed by atoms with E-state index in [0.29, 0.717) is 25.9 Å². The number of rotatable bonds is 4. The lowest BCUT2D eigenvalue weighted by Gasteiger charge is -2.41. The molecule has 1 rings (SSSR count). The van der Waals surface area contributed by atoms with Crippen LogP contribution in [0.5, 0.6) is 0 Å². The Bertz CT molecular complexity index is 432. The molecule has 0 aromatic rings. The maximum Gasteiger partial charge on any atom is 0.410 e. The number of nitrogens with zero attached hydrogens (tertiary/aromatic N) is 1. The van der Waals surface area contributed by atoms with Gasteiger partial charge in [0, 0.05) is 39.3 Å². The molecule has 1 aliphatic heterocycles. The Labute approximate surface area is 136 Å². The van der Waals surface area contributed by atoms with Crippen LogP contribution in [0, 0.1) is 0 Å². The minimum atomic E-state index is -2.81. The van der Waals surface area contributed by atoms with Gasteiger partial charge in [-0.15, -0.1) is 0 Å². The van der Waals surface area contributed by atoms with E-state index in [1.54, 1.807) is 20.8 Å². The first kappa shape index (κ1) is 19.6. The van der Waals surface area contributed by atoms with Gasteiger partial charge in [0.1, 0.15) is 11.2 Å². The summed E-state index contributed by atoms with van der Waals surface area (Å²) in [6.07, 6.45) is -0.0378. The summed E-state index contributed by atoms with van der Waals surface area (Å²) in [6, 6.07) is 0. The molecule has 0 aromatic heterocycles. The number of halogens is 2. The van der Waals surface area contributed by atoms with E-state index in [1.165, 1.54) is 11.8 Å². The molecular weight excluding hydrogens is 308 g/mol. The summed E-state index contributed by atoms with van der Waals surface area (Å²) in [5.74, 6) is -3.30. The van der Waals surface area contributed by atoms with Gasteiger partial charge in [0.2, 0.25) is 5.92 Å². The number of ether oxygens (including phenoxy) is 2. The number of piperidine rings is 1. The molecule has 0 aliphatic carbocycles. The van der Waals surface area contributed by atoms with Crippen molar-refractivity contribution in [1.82, 2.24) is 4.90 Å². The second kappa shape index (κ2) is 7.01. The Kier molecular flexibility index (Phi) is 5.99. The molecule has 1 aliphatic rings. The molecule has 1 amide bonds. The second-order valence-electron chi connectivity index (χ2n) is 7.31. The number of likely N-dealkylation sites (tertiary alicyclic amines) is 1. The first-order valence-corrected chi connectivity index (χ1v) is 7.87. The van der Waals surface area contributed by atoms with Gasteiger partial charge in [-0.25, -0.2) is 13.6 Å². The van der Waals surface area contributed by atoms with E-state index >= 15 is 0 Å². The molecule has 0 spiro atoms. The minimum Gasteiger partial charge on any atom is -0.459 e. The molecule has 0 saturated carbocycles. The van der Waals surface area contributed by atoms with E-state index in [9.17, 15) is 18.4 Å². The zero-order valence-corrected chi connectivity index (χ0v) is 14.6. The summed E-state index contributed by atoms with van der Waals surface area (Å²) in [4.78, 5) is 24.9. The van der Waals surface area contributed by atoms with Crippen LogP contribution in [0.25, 0.3) is 0 Å². The smallest absolute Gasteiger partial charge is 0.410 e. The highest BCUT2D eigenvalue weighted by Gasteiger charge is 2.41. The van der Waals surface area contributed by atoms with E-state index in [1.807, 2.05) is 0 Å². The molecule has 1 saturated heterocycles. The third kappa shape index (κ3) is 7.14. The Hall–Kier alpha value is -1.40. The molecular formula is C16H27F2NO4. The Balaban J connectivity index is 2.68. The molecule has 0 N–H and O–H groups in total. The summed E-state index contributed by atoms with van der Waals surface area (Å²) in [5.41, 5.74) is -1.52. The number of carbonyl (C=O) groups is 2. The molecule has 1 fully saturated rings. The second-order valence-corrected chi connectivity index (χ2v) is 7.31. The number of amides is 1. The van der Waals surface area contributed by atoms with Crippen LogP contribution in [-0.2, 0) is 14.3 Å². The van der Waals surface area contributed by atoms with Crippen LogP contribution >= 0.6 is 0 Å². The number of hydrogen-bond acceptors (Lipinski definition) is 4. The Morgan fingerprint density at radius 1 is 1.13 bits per heavy atom. The standard InChI is InChI=1S/C16H27F2NO4/c1-12(20)22-16(7-6-15(5,17)18)8-10-19(11-9-16)13(21)23-14(2,3)4/h6-11H2,1-5H3. The third-order valence-electron chi connectivity index (χ3n) is 3.71. The van der Waals surface area contributed by atoms with Crippen LogP contribution in [0.3, 0.4) is 0 Å². The van der Waals surface area contributed by atoms with Gasteiger partial charge in [-0.3, -0.25) is 4.79 Å². The maximum atomic E-state index is 13.2. The monoisotopic (exact) mass is 335 g/mol.